The van der Waals surface area contributed by atoms with E-state index in [1.807, 2.05) is 12.1 Å². The number of hydrogen-bond donors (Lipinski definition) is 2. The lowest BCUT2D eigenvalue weighted by atomic mass is 9.99. The zero-order chi connectivity index (χ0) is 14.8. The van der Waals surface area contributed by atoms with Crippen molar-refractivity contribution in [3.05, 3.63) is 63.4 Å². The number of rotatable bonds is 2. The van der Waals surface area contributed by atoms with Crippen molar-refractivity contribution in [3.8, 4) is 0 Å². The van der Waals surface area contributed by atoms with E-state index in [9.17, 15) is 9.18 Å². The van der Waals surface area contributed by atoms with Gasteiger partial charge in [-0.25, -0.2) is 4.39 Å². The number of carbonyl (C=O) groups is 1. The lowest BCUT2D eigenvalue weighted by Gasteiger charge is -2.20. The van der Waals surface area contributed by atoms with Gasteiger partial charge in [0.25, 0.3) is 5.91 Å². The maximum Gasteiger partial charge on any atom is 0.255 e. The van der Waals surface area contributed by atoms with Gasteiger partial charge in [0, 0.05) is 22.3 Å². The standard InChI is InChI=1S/C16H14BrFN2O/c17-12-6-11(7-13(18)8-12)16(21)20-15-3-1-2-10-9-19-5-4-14(10)15/h1-3,6-8,19H,4-5,9H2,(H,20,21). The molecule has 0 aromatic heterocycles. The molecule has 1 aliphatic rings. The highest BCUT2D eigenvalue weighted by Gasteiger charge is 2.15. The summed E-state index contributed by atoms with van der Waals surface area (Å²) >= 11 is 3.20. The summed E-state index contributed by atoms with van der Waals surface area (Å²) in [5.41, 5.74) is 3.45. The fraction of sp³-hybridized carbons (Fsp3) is 0.188. The second-order valence-corrected chi connectivity index (χ2v) is 5.90. The van der Waals surface area contributed by atoms with Gasteiger partial charge in [-0.3, -0.25) is 4.79 Å². The summed E-state index contributed by atoms with van der Waals surface area (Å²) in [5.74, 6) is -0.740. The van der Waals surface area contributed by atoms with E-state index < -0.39 is 5.82 Å². The molecule has 3 nitrogen and oxygen atoms in total. The average molecular weight is 349 g/mol. The highest BCUT2D eigenvalue weighted by Crippen LogP contribution is 2.24. The highest BCUT2D eigenvalue weighted by molar-refractivity contribution is 9.10. The van der Waals surface area contributed by atoms with Crippen LogP contribution >= 0.6 is 15.9 Å². The number of carbonyl (C=O) groups excluding carboxylic acids is 1. The van der Waals surface area contributed by atoms with Gasteiger partial charge in [-0.15, -0.1) is 0 Å². The fourth-order valence-corrected chi connectivity index (χ4v) is 2.99. The third-order valence-electron chi connectivity index (χ3n) is 3.51. The Bertz CT molecular complexity index is 682. The smallest absolute Gasteiger partial charge is 0.255 e. The molecular weight excluding hydrogens is 335 g/mol. The molecule has 3 rings (SSSR count). The topological polar surface area (TPSA) is 41.1 Å². The number of amides is 1. The maximum absolute atomic E-state index is 13.4. The summed E-state index contributed by atoms with van der Waals surface area (Å²) in [6.45, 7) is 1.70. The van der Waals surface area contributed by atoms with Crippen molar-refractivity contribution in [1.29, 1.82) is 0 Å². The molecule has 0 spiro atoms. The van der Waals surface area contributed by atoms with Crippen molar-refractivity contribution in [2.75, 3.05) is 11.9 Å². The normalized spacial score (nSPS) is 13.6. The highest BCUT2D eigenvalue weighted by atomic mass is 79.9. The third-order valence-corrected chi connectivity index (χ3v) is 3.97. The number of nitrogens with one attached hydrogen (secondary N) is 2. The number of anilines is 1. The van der Waals surface area contributed by atoms with Crippen molar-refractivity contribution in [2.45, 2.75) is 13.0 Å². The van der Waals surface area contributed by atoms with Gasteiger partial charge in [0.2, 0.25) is 0 Å². The third kappa shape index (κ3) is 3.14. The maximum atomic E-state index is 13.4. The number of halogens is 2. The van der Waals surface area contributed by atoms with Crippen molar-refractivity contribution in [2.24, 2.45) is 0 Å². The Morgan fingerprint density at radius 3 is 2.95 bits per heavy atom. The second kappa shape index (κ2) is 5.95. The van der Waals surface area contributed by atoms with Crippen LogP contribution in [0.4, 0.5) is 10.1 Å². The Kier molecular flexibility index (Phi) is 4.03. The zero-order valence-corrected chi connectivity index (χ0v) is 12.8. The Hall–Kier alpha value is -1.72. The van der Waals surface area contributed by atoms with Crippen LogP contribution in [0.5, 0.6) is 0 Å². The molecule has 0 radical (unpaired) electrons. The minimum atomic E-state index is -0.436. The van der Waals surface area contributed by atoms with Crippen LogP contribution in [-0.2, 0) is 13.0 Å². The van der Waals surface area contributed by atoms with E-state index in [1.54, 1.807) is 6.07 Å². The first kappa shape index (κ1) is 14.2. The van der Waals surface area contributed by atoms with Crippen molar-refractivity contribution < 1.29 is 9.18 Å². The van der Waals surface area contributed by atoms with Crippen molar-refractivity contribution >= 4 is 27.5 Å². The van der Waals surface area contributed by atoms with Gasteiger partial charge in [-0.05, 0) is 48.4 Å². The molecule has 0 saturated heterocycles. The second-order valence-electron chi connectivity index (χ2n) is 4.98. The molecule has 21 heavy (non-hydrogen) atoms. The molecule has 2 aromatic carbocycles. The van der Waals surface area contributed by atoms with Crippen LogP contribution < -0.4 is 10.6 Å². The molecule has 1 aliphatic heterocycles. The van der Waals surface area contributed by atoms with Gasteiger partial charge in [0.1, 0.15) is 5.82 Å². The minimum Gasteiger partial charge on any atom is -0.322 e. The molecule has 0 atom stereocenters. The Balaban J connectivity index is 1.88. The molecule has 108 valence electrons. The molecule has 1 heterocycles. The summed E-state index contributed by atoms with van der Waals surface area (Å²) in [4.78, 5) is 12.3. The molecule has 0 bridgehead atoms. The van der Waals surface area contributed by atoms with Crippen LogP contribution in [0.2, 0.25) is 0 Å². The van der Waals surface area contributed by atoms with Gasteiger partial charge in [0.15, 0.2) is 0 Å². The van der Waals surface area contributed by atoms with Crippen LogP contribution in [0.25, 0.3) is 0 Å². The molecular formula is C16H14BrFN2O. The molecule has 0 fully saturated rings. The Labute approximate surface area is 130 Å². The molecule has 0 unspecified atom stereocenters. The summed E-state index contributed by atoms with van der Waals surface area (Å²) < 4.78 is 13.9. The lowest BCUT2D eigenvalue weighted by Crippen LogP contribution is -2.25. The van der Waals surface area contributed by atoms with E-state index in [2.05, 4.69) is 32.6 Å². The Morgan fingerprint density at radius 2 is 2.14 bits per heavy atom. The number of benzene rings is 2. The van der Waals surface area contributed by atoms with Crippen LogP contribution in [0.15, 0.2) is 40.9 Å². The predicted octanol–water partition coefficient (Wildman–Crippen LogP) is 3.49. The number of hydrogen-bond acceptors (Lipinski definition) is 2. The van der Waals surface area contributed by atoms with E-state index in [4.69, 9.17) is 0 Å². The van der Waals surface area contributed by atoms with E-state index in [0.717, 1.165) is 30.8 Å². The van der Waals surface area contributed by atoms with Crippen LogP contribution in [0.3, 0.4) is 0 Å². The first-order chi connectivity index (χ1) is 10.1. The summed E-state index contributed by atoms with van der Waals surface area (Å²) in [5, 5.41) is 6.19. The average Bonchev–Trinajstić information content (AvgIpc) is 2.46. The monoisotopic (exact) mass is 348 g/mol. The molecule has 2 aromatic rings. The minimum absolute atomic E-state index is 0.299. The first-order valence-electron chi connectivity index (χ1n) is 6.72. The summed E-state index contributed by atoms with van der Waals surface area (Å²) in [6, 6.07) is 10.0. The largest absolute Gasteiger partial charge is 0.322 e. The van der Waals surface area contributed by atoms with E-state index in [0.29, 0.717) is 10.0 Å². The fourth-order valence-electron chi connectivity index (χ4n) is 2.53. The SMILES string of the molecule is O=C(Nc1cccc2c1CCNC2)c1cc(F)cc(Br)c1. The molecule has 0 aliphatic carbocycles. The number of fused-ring (bicyclic) bond motifs is 1. The van der Waals surface area contributed by atoms with Crippen molar-refractivity contribution in [1.82, 2.24) is 5.32 Å². The van der Waals surface area contributed by atoms with Gasteiger partial charge >= 0.3 is 0 Å². The first-order valence-corrected chi connectivity index (χ1v) is 7.52. The van der Waals surface area contributed by atoms with Gasteiger partial charge in [-0.1, -0.05) is 28.1 Å². The molecule has 5 heteroatoms. The van der Waals surface area contributed by atoms with E-state index in [-0.39, 0.29) is 5.91 Å². The van der Waals surface area contributed by atoms with Crippen molar-refractivity contribution in [3.63, 3.8) is 0 Å². The van der Waals surface area contributed by atoms with Crippen LogP contribution in [0, 0.1) is 5.82 Å². The zero-order valence-electron chi connectivity index (χ0n) is 11.2. The summed E-state index contributed by atoms with van der Waals surface area (Å²) in [7, 11) is 0. The van der Waals surface area contributed by atoms with E-state index >= 15 is 0 Å². The van der Waals surface area contributed by atoms with Crippen LogP contribution in [0.1, 0.15) is 21.5 Å². The molecule has 2 N–H and O–H groups in total. The lowest BCUT2D eigenvalue weighted by molar-refractivity contribution is 0.102. The Morgan fingerprint density at radius 1 is 1.29 bits per heavy atom. The molecule has 0 saturated carbocycles. The van der Waals surface area contributed by atoms with Gasteiger partial charge in [0.05, 0.1) is 0 Å². The predicted molar refractivity (Wildman–Crippen MR) is 83.9 cm³/mol. The van der Waals surface area contributed by atoms with Gasteiger partial charge < -0.3 is 10.6 Å². The molecule has 1 amide bonds. The van der Waals surface area contributed by atoms with Crippen LogP contribution in [-0.4, -0.2) is 12.5 Å². The summed E-state index contributed by atoms with van der Waals surface area (Å²) in [6.07, 6.45) is 0.874. The quantitative estimate of drug-likeness (QED) is 0.872. The van der Waals surface area contributed by atoms with Gasteiger partial charge in [-0.2, -0.15) is 0 Å². The van der Waals surface area contributed by atoms with E-state index in [1.165, 1.54) is 17.7 Å².